The van der Waals surface area contributed by atoms with Crippen LogP contribution in [0, 0.1) is 0 Å². The lowest BCUT2D eigenvalue weighted by atomic mass is 10.1. The van der Waals surface area contributed by atoms with Gasteiger partial charge < -0.3 is 9.47 Å². The van der Waals surface area contributed by atoms with Crippen LogP contribution in [-0.2, 0) is 0 Å². The van der Waals surface area contributed by atoms with Gasteiger partial charge in [0.15, 0.2) is 11.5 Å². The van der Waals surface area contributed by atoms with E-state index in [4.69, 9.17) is 14.5 Å². The van der Waals surface area contributed by atoms with E-state index in [-0.39, 0.29) is 0 Å². The van der Waals surface area contributed by atoms with Crippen LogP contribution in [0.5, 0.6) is 11.5 Å². The molecule has 0 N–H and O–H groups in total. The van der Waals surface area contributed by atoms with E-state index < -0.39 is 0 Å². The Kier molecular flexibility index (Phi) is 3.09. The molecule has 0 aliphatic carbocycles. The van der Waals surface area contributed by atoms with Crippen molar-refractivity contribution in [1.82, 2.24) is 4.98 Å². The molecule has 0 saturated heterocycles. The molecule has 2 heterocycles. The summed E-state index contributed by atoms with van der Waals surface area (Å²) in [6.07, 6.45) is 0. The van der Waals surface area contributed by atoms with Gasteiger partial charge in [0, 0.05) is 16.5 Å². The fourth-order valence-electron chi connectivity index (χ4n) is 2.32. The van der Waals surface area contributed by atoms with Gasteiger partial charge in [0.1, 0.15) is 18.2 Å². The van der Waals surface area contributed by atoms with Crippen LogP contribution in [0.4, 0.5) is 0 Å². The molecule has 0 fully saturated rings. The minimum atomic E-state index is 0.600. The van der Waals surface area contributed by atoms with Crippen LogP contribution in [0.3, 0.4) is 0 Å². The van der Waals surface area contributed by atoms with Crippen LogP contribution in [0.1, 0.15) is 0 Å². The third kappa shape index (κ3) is 2.38. The molecule has 0 unspecified atom stereocenters. The SMILES string of the molecule is c1ccc(-c2nc(-c3ccc4c(c3)OCCO4)cs2)cc1. The van der Waals surface area contributed by atoms with Crippen LogP contribution < -0.4 is 9.47 Å². The topological polar surface area (TPSA) is 31.4 Å². The number of aromatic nitrogens is 1. The normalized spacial score (nSPS) is 13.1. The number of ether oxygens (including phenoxy) is 2. The van der Waals surface area contributed by atoms with Gasteiger partial charge in [-0.05, 0) is 18.2 Å². The van der Waals surface area contributed by atoms with Crippen molar-refractivity contribution in [3.63, 3.8) is 0 Å². The number of thiazole rings is 1. The lowest BCUT2D eigenvalue weighted by Gasteiger charge is -2.18. The number of hydrogen-bond acceptors (Lipinski definition) is 4. The Morgan fingerprint density at radius 1 is 0.857 bits per heavy atom. The molecule has 0 saturated carbocycles. The third-order valence-electron chi connectivity index (χ3n) is 3.36. The Balaban J connectivity index is 1.70. The molecule has 3 nitrogen and oxygen atoms in total. The molecule has 0 bridgehead atoms. The van der Waals surface area contributed by atoms with E-state index in [0.717, 1.165) is 33.3 Å². The zero-order valence-corrected chi connectivity index (χ0v) is 12.1. The summed E-state index contributed by atoms with van der Waals surface area (Å²) < 4.78 is 11.2. The Morgan fingerprint density at radius 3 is 2.52 bits per heavy atom. The zero-order chi connectivity index (χ0) is 14.1. The monoisotopic (exact) mass is 295 g/mol. The number of fused-ring (bicyclic) bond motifs is 1. The molecule has 0 atom stereocenters. The van der Waals surface area contributed by atoms with Gasteiger partial charge in [-0.2, -0.15) is 0 Å². The summed E-state index contributed by atoms with van der Waals surface area (Å²) in [5.74, 6) is 1.61. The highest BCUT2D eigenvalue weighted by Gasteiger charge is 2.14. The molecule has 104 valence electrons. The van der Waals surface area contributed by atoms with E-state index in [1.54, 1.807) is 11.3 Å². The van der Waals surface area contributed by atoms with Gasteiger partial charge in [-0.1, -0.05) is 30.3 Å². The largest absolute Gasteiger partial charge is 0.486 e. The van der Waals surface area contributed by atoms with Gasteiger partial charge in [-0.3, -0.25) is 0 Å². The molecule has 1 aliphatic rings. The predicted molar refractivity (Wildman–Crippen MR) is 84.0 cm³/mol. The second-order valence-electron chi connectivity index (χ2n) is 4.76. The number of nitrogens with zero attached hydrogens (tertiary/aromatic N) is 1. The highest BCUT2D eigenvalue weighted by Crippen LogP contribution is 2.36. The molecule has 0 spiro atoms. The summed E-state index contributed by atoms with van der Waals surface area (Å²) in [7, 11) is 0. The highest BCUT2D eigenvalue weighted by molar-refractivity contribution is 7.13. The van der Waals surface area contributed by atoms with Crippen LogP contribution in [0.2, 0.25) is 0 Å². The maximum Gasteiger partial charge on any atom is 0.162 e. The fourth-order valence-corrected chi connectivity index (χ4v) is 3.16. The van der Waals surface area contributed by atoms with Crippen molar-refractivity contribution in [3.8, 4) is 33.3 Å². The number of benzene rings is 2. The van der Waals surface area contributed by atoms with E-state index in [0.29, 0.717) is 13.2 Å². The molecular formula is C17H13NO2S. The maximum atomic E-state index is 5.63. The summed E-state index contributed by atoms with van der Waals surface area (Å²) in [6.45, 7) is 1.21. The van der Waals surface area contributed by atoms with Gasteiger partial charge in [0.2, 0.25) is 0 Å². The molecule has 0 amide bonds. The maximum absolute atomic E-state index is 5.63. The first-order valence-corrected chi connectivity index (χ1v) is 7.69. The van der Waals surface area contributed by atoms with E-state index >= 15 is 0 Å². The van der Waals surface area contributed by atoms with Gasteiger partial charge in [0.05, 0.1) is 5.69 Å². The molecule has 21 heavy (non-hydrogen) atoms. The molecule has 2 aromatic carbocycles. The molecule has 4 heteroatoms. The summed E-state index contributed by atoms with van der Waals surface area (Å²) in [6, 6.07) is 16.2. The van der Waals surface area contributed by atoms with E-state index in [1.165, 1.54) is 0 Å². The van der Waals surface area contributed by atoms with E-state index in [1.807, 2.05) is 36.4 Å². The summed E-state index contributed by atoms with van der Waals surface area (Å²) in [5, 5.41) is 3.11. The number of hydrogen-bond donors (Lipinski definition) is 0. The van der Waals surface area contributed by atoms with E-state index in [2.05, 4.69) is 17.5 Å². The molecular weight excluding hydrogens is 282 g/mol. The minimum Gasteiger partial charge on any atom is -0.486 e. The zero-order valence-electron chi connectivity index (χ0n) is 11.3. The van der Waals surface area contributed by atoms with Gasteiger partial charge in [0.25, 0.3) is 0 Å². The Morgan fingerprint density at radius 2 is 1.67 bits per heavy atom. The molecule has 1 aliphatic heterocycles. The van der Waals surface area contributed by atoms with Crippen molar-refractivity contribution >= 4 is 11.3 Å². The fraction of sp³-hybridized carbons (Fsp3) is 0.118. The molecule has 4 rings (SSSR count). The molecule has 3 aromatic rings. The summed E-state index contributed by atoms with van der Waals surface area (Å²) in [5.41, 5.74) is 3.17. The standard InChI is InChI=1S/C17H13NO2S/c1-2-4-12(5-3-1)17-18-14(11-21-17)13-6-7-15-16(10-13)20-9-8-19-15/h1-7,10-11H,8-9H2. The highest BCUT2D eigenvalue weighted by atomic mass is 32.1. The number of rotatable bonds is 2. The summed E-state index contributed by atoms with van der Waals surface area (Å²) in [4.78, 5) is 4.72. The quantitative estimate of drug-likeness (QED) is 0.708. The second-order valence-corrected chi connectivity index (χ2v) is 5.62. The lowest BCUT2D eigenvalue weighted by Crippen LogP contribution is -2.15. The van der Waals surface area contributed by atoms with Crippen molar-refractivity contribution in [2.24, 2.45) is 0 Å². The van der Waals surface area contributed by atoms with Crippen molar-refractivity contribution in [2.45, 2.75) is 0 Å². The lowest BCUT2D eigenvalue weighted by molar-refractivity contribution is 0.171. The Hall–Kier alpha value is -2.33. The molecule has 0 radical (unpaired) electrons. The molecule has 1 aromatic heterocycles. The smallest absolute Gasteiger partial charge is 0.162 e. The van der Waals surface area contributed by atoms with Crippen LogP contribution in [0.15, 0.2) is 53.9 Å². The van der Waals surface area contributed by atoms with Crippen molar-refractivity contribution in [3.05, 3.63) is 53.9 Å². The predicted octanol–water partition coefficient (Wildman–Crippen LogP) is 4.25. The van der Waals surface area contributed by atoms with Gasteiger partial charge in [-0.25, -0.2) is 4.98 Å². The van der Waals surface area contributed by atoms with Crippen molar-refractivity contribution in [2.75, 3.05) is 13.2 Å². The van der Waals surface area contributed by atoms with Crippen LogP contribution >= 0.6 is 11.3 Å². The third-order valence-corrected chi connectivity index (χ3v) is 4.25. The Bertz CT molecular complexity index is 767. The first kappa shape index (κ1) is 12.4. The average molecular weight is 295 g/mol. The average Bonchev–Trinajstić information content (AvgIpc) is 3.05. The Labute approximate surface area is 126 Å². The first-order valence-electron chi connectivity index (χ1n) is 6.81. The summed E-state index contributed by atoms with van der Waals surface area (Å²) >= 11 is 1.65. The van der Waals surface area contributed by atoms with E-state index in [9.17, 15) is 0 Å². The van der Waals surface area contributed by atoms with Crippen molar-refractivity contribution < 1.29 is 9.47 Å². The second kappa shape index (κ2) is 5.22. The van der Waals surface area contributed by atoms with Crippen molar-refractivity contribution in [1.29, 1.82) is 0 Å². The first-order chi connectivity index (χ1) is 10.4. The van der Waals surface area contributed by atoms with Crippen LogP contribution in [-0.4, -0.2) is 18.2 Å². The van der Waals surface area contributed by atoms with Crippen LogP contribution in [0.25, 0.3) is 21.8 Å². The minimum absolute atomic E-state index is 0.600. The van der Waals surface area contributed by atoms with Gasteiger partial charge in [-0.15, -0.1) is 11.3 Å². The van der Waals surface area contributed by atoms with Gasteiger partial charge >= 0.3 is 0 Å².